The van der Waals surface area contributed by atoms with E-state index in [2.05, 4.69) is 61.0 Å². The number of aryl methyl sites for hydroxylation is 1. The molecule has 1 N–H and O–H groups in total. The van der Waals surface area contributed by atoms with Crippen LogP contribution in [0.2, 0.25) is 0 Å². The molecule has 20 heavy (non-hydrogen) atoms. The maximum Gasteiger partial charge on any atom is 0.0618 e. The fourth-order valence-electron chi connectivity index (χ4n) is 2.30. The Balaban J connectivity index is 2.35. The van der Waals surface area contributed by atoms with Crippen molar-refractivity contribution in [3.05, 3.63) is 47.8 Å². The van der Waals surface area contributed by atoms with Crippen LogP contribution in [-0.4, -0.2) is 22.6 Å². The molecule has 0 saturated heterocycles. The quantitative estimate of drug-likeness (QED) is 0.788. The molecule has 108 valence electrons. The van der Waals surface area contributed by atoms with Crippen LogP contribution < -0.4 is 5.32 Å². The number of hydrogen-bond donors (Lipinski definition) is 1. The van der Waals surface area contributed by atoms with E-state index in [-0.39, 0.29) is 6.04 Å². The fourth-order valence-corrected chi connectivity index (χ4v) is 2.94. The molecule has 0 spiro atoms. The SMILES string of the molecule is CCCNC(c1cnn(CC)c1)c1ccccc1SC. The molecule has 0 amide bonds. The topological polar surface area (TPSA) is 29.9 Å². The van der Waals surface area contributed by atoms with Crippen LogP contribution in [0.5, 0.6) is 0 Å². The van der Waals surface area contributed by atoms with Gasteiger partial charge in [0, 0.05) is 23.2 Å². The first-order valence-corrected chi connectivity index (χ1v) is 8.41. The molecule has 1 atom stereocenters. The summed E-state index contributed by atoms with van der Waals surface area (Å²) in [5.41, 5.74) is 2.57. The van der Waals surface area contributed by atoms with Gasteiger partial charge in [-0.05, 0) is 37.8 Å². The minimum atomic E-state index is 0.221. The molecule has 3 nitrogen and oxygen atoms in total. The first kappa shape index (κ1) is 15.1. The molecule has 0 aliphatic carbocycles. The van der Waals surface area contributed by atoms with E-state index in [1.807, 2.05) is 10.9 Å². The number of benzene rings is 1. The summed E-state index contributed by atoms with van der Waals surface area (Å²) in [5.74, 6) is 0. The normalized spacial score (nSPS) is 12.6. The van der Waals surface area contributed by atoms with Crippen LogP contribution >= 0.6 is 11.8 Å². The molecule has 0 fully saturated rings. The van der Waals surface area contributed by atoms with Gasteiger partial charge in [-0.3, -0.25) is 4.68 Å². The number of hydrogen-bond acceptors (Lipinski definition) is 3. The van der Waals surface area contributed by atoms with E-state index in [0.29, 0.717) is 0 Å². The Labute approximate surface area is 125 Å². The lowest BCUT2D eigenvalue weighted by atomic mass is 10.0. The highest BCUT2D eigenvalue weighted by molar-refractivity contribution is 7.98. The third kappa shape index (κ3) is 3.44. The number of nitrogens with zero attached hydrogens (tertiary/aromatic N) is 2. The maximum atomic E-state index is 4.41. The van der Waals surface area contributed by atoms with Gasteiger partial charge in [-0.25, -0.2) is 0 Å². The minimum absolute atomic E-state index is 0.221. The smallest absolute Gasteiger partial charge is 0.0618 e. The van der Waals surface area contributed by atoms with E-state index in [1.54, 1.807) is 11.8 Å². The second-order valence-corrected chi connectivity index (χ2v) is 5.61. The summed E-state index contributed by atoms with van der Waals surface area (Å²) in [5, 5.41) is 8.06. The van der Waals surface area contributed by atoms with Crippen LogP contribution in [0.4, 0.5) is 0 Å². The standard InChI is InChI=1S/C16H23N3S/c1-4-10-17-16(13-11-18-19(5-2)12-13)14-8-6-7-9-15(14)20-3/h6-9,11-12,16-17H,4-5,10H2,1-3H3. The van der Waals surface area contributed by atoms with Crippen molar-refractivity contribution in [2.75, 3.05) is 12.8 Å². The third-order valence-corrected chi connectivity index (χ3v) is 4.17. The Morgan fingerprint density at radius 1 is 1.30 bits per heavy atom. The van der Waals surface area contributed by atoms with E-state index in [4.69, 9.17) is 0 Å². The molecular formula is C16H23N3S. The summed E-state index contributed by atoms with van der Waals surface area (Å²) in [6, 6.07) is 8.83. The van der Waals surface area contributed by atoms with Crippen molar-refractivity contribution < 1.29 is 0 Å². The van der Waals surface area contributed by atoms with Gasteiger partial charge in [0.1, 0.15) is 0 Å². The molecule has 0 radical (unpaired) electrons. The lowest BCUT2D eigenvalue weighted by molar-refractivity contribution is 0.590. The monoisotopic (exact) mass is 289 g/mol. The molecule has 1 aromatic carbocycles. The molecule has 1 heterocycles. The van der Waals surface area contributed by atoms with Gasteiger partial charge in [0.2, 0.25) is 0 Å². The molecule has 1 aromatic heterocycles. The number of thioether (sulfide) groups is 1. The Morgan fingerprint density at radius 3 is 2.75 bits per heavy atom. The average Bonchev–Trinajstić information content (AvgIpc) is 2.97. The summed E-state index contributed by atoms with van der Waals surface area (Å²) >= 11 is 1.80. The van der Waals surface area contributed by atoms with Crippen molar-refractivity contribution in [2.24, 2.45) is 0 Å². The predicted octanol–water partition coefficient (Wildman–Crippen LogP) is 3.71. The zero-order chi connectivity index (χ0) is 14.4. The zero-order valence-corrected chi connectivity index (χ0v) is 13.3. The molecule has 0 aliphatic rings. The fraction of sp³-hybridized carbons (Fsp3) is 0.438. The van der Waals surface area contributed by atoms with Crippen molar-refractivity contribution in [3.63, 3.8) is 0 Å². The van der Waals surface area contributed by atoms with Crippen LogP contribution in [0.25, 0.3) is 0 Å². The van der Waals surface area contributed by atoms with Gasteiger partial charge in [-0.15, -0.1) is 11.8 Å². The molecule has 2 rings (SSSR count). The Bertz CT molecular complexity index is 536. The lowest BCUT2D eigenvalue weighted by Gasteiger charge is -2.20. The second-order valence-electron chi connectivity index (χ2n) is 4.76. The van der Waals surface area contributed by atoms with Crippen LogP contribution in [0.3, 0.4) is 0 Å². The highest BCUT2D eigenvalue weighted by Crippen LogP contribution is 2.30. The van der Waals surface area contributed by atoms with Gasteiger partial charge in [-0.2, -0.15) is 5.10 Å². The van der Waals surface area contributed by atoms with Crippen LogP contribution in [0.1, 0.15) is 37.4 Å². The molecule has 4 heteroatoms. The van der Waals surface area contributed by atoms with Gasteiger partial charge in [0.05, 0.1) is 12.2 Å². The number of rotatable bonds is 7. The Morgan fingerprint density at radius 2 is 2.10 bits per heavy atom. The largest absolute Gasteiger partial charge is 0.306 e. The zero-order valence-electron chi connectivity index (χ0n) is 12.5. The first-order chi connectivity index (χ1) is 9.80. The van der Waals surface area contributed by atoms with Crippen LogP contribution in [0, 0.1) is 0 Å². The summed E-state index contributed by atoms with van der Waals surface area (Å²) in [7, 11) is 0. The van der Waals surface area contributed by atoms with Crippen molar-refractivity contribution >= 4 is 11.8 Å². The average molecular weight is 289 g/mol. The van der Waals surface area contributed by atoms with Gasteiger partial charge in [0.15, 0.2) is 0 Å². The third-order valence-electron chi connectivity index (χ3n) is 3.36. The van der Waals surface area contributed by atoms with Gasteiger partial charge >= 0.3 is 0 Å². The number of aromatic nitrogens is 2. The van der Waals surface area contributed by atoms with Gasteiger partial charge in [-0.1, -0.05) is 25.1 Å². The predicted molar refractivity (Wildman–Crippen MR) is 86.3 cm³/mol. The van der Waals surface area contributed by atoms with E-state index in [9.17, 15) is 0 Å². The maximum absolute atomic E-state index is 4.41. The molecule has 0 bridgehead atoms. The summed E-state index contributed by atoms with van der Waals surface area (Å²) in [4.78, 5) is 1.32. The first-order valence-electron chi connectivity index (χ1n) is 7.18. The van der Waals surface area contributed by atoms with Crippen LogP contribution in [-0.2, 0) is 6.54 Å². The summed E-state index contributed by atoms with van der Waals surface area (Å²) in [6.07, 6.45) is 7.38. The van der Waals surface area contributed by atoms with Gasteiger partial charge < -0.3 is 5.32 Å². The van der Waals surface area contributed by atoms with E-state index in [0.717, 1.165) is 19.5 Å². The van der Waals surface area contributed by atoms with E-state index < -0.39 is 0 Å². The van der Waals surface area contributed by atoms with Crippen molar-refractivity contribution in [1.82, 2.24) is 15.1 Å². The summed E-state index contributed by atoms with van der Waals surface area (Å²) < 4.78 is 1.98. The minimum Gasteiger partial charge on any atom is -0.306 e. The van der Waals surface area contributed by atoms with Crippen molar-refractivity contribution in [1.29, 1.82) is 0 Å². The molecule has 0 saturated carbocycles. The van der Waals surface area contributed by atoms with Crippen molar-refractivity contribution in [2.45, 2.75) is 37.8 Å². The van der Waals surface area contributed by atoms with E-state index in [1.165, 1.54) is 16.0 Å². The van der Waals surface area contributed by atoms with Crippen LogP contribution in [0.15, 0.2) is 41.6 Å². The molecular weight excluding hydrogens is 266 g/mol. The Hall–Kier alpha value is -1.26. The highest BCUT2D eigenvalue weighted by Gasteiger charge is 2.17. The van der Waals surface area contributed by atoms with Gasteiger partial charge in [0.25, 0.3) is 0 Å². The Kier molecular flexibility index (Phi) is 5.68. The molecule has 0 aliphatic heterocycles. The number of nitrogens with one attached hydrogen (secondary N) is 1. The molecule has 1 unspecified atom stereocenters. The molecule has 2 aromatic rings. The lowest BCUT2D eigenvalue weighted by Crippen LogP contribution is -2.23. The highest BCUT2D eigenvalue weighted by atomic mass is 32.2. The second kappa shape index (κ2) is 7.50. The van der Waals surface area contributed by atoms with E-state index >= 15 is 0 Å². The summed E-state index contributed by atoms with van der Waals surface area (Å²) in [6.45, 7) is 6.22. The van der Waals surface area contributed by atoms with Crippen molar-refractivity contribution in [3.8, 4) is 0 Å².